The number of nitrogens with zero attached hydrogens (tertiary/aromatic N) is 2. The van der Waals surface area contributed by atoms with E-state index in [9.17, 15) is 4.79 Å². The Morgan fingerprint density at radius 3 is 2.72 bits per heavy atom. The van der Waals surface area contributed by atoms with E-state index in [0.29, 0.717) is 16.6 Å². The second-order valence-electron chi connectivity index (χ2n) is 8.19. The SMILES string of the molecule is CCCN1c2cc(Cl)c(/C=N/NC(=O)Nc3ccccc3)cc2C(C)CC1(C)C. The van der Waals surface area contributed by atoms with E-state index >= 15 is 0 Å². The average Bonchev–Trinajstić information content (AvgIpc) is 2.66. The Morgan fingerprint density at radius 2 is 2.03 bits per heavy atom. The Morgan fingerprint density at radius 1 is 1.31 bits per heavy atom. The van der Waals surface area contributed by atoms with Crippen molar-refractivity contribution in [3.05, 3.63) is 58.6 Å². The third-order valence-corrected chi connectivity index (χ3v) is 5.68. The maximum atomic E-state index is 12.0. The Kier molecular flexibility index (Phi) is 6.48. The van der Waals surface area contributed by atoms with Gasteiger partial charge < -0.3 is 10.2 Å². The van der Waals surface area contributed by atoms with Crippen LogP contribution in [0.4, 0.5) is 16.2 Å². The molecule has 0 spiro atoms. The van der Waals surface area contributed by atoms with Crippen LogP contribution in [0.3, 0.4) is 0 Å². The fraction of sp³-hybridized carbons (Fsp3) is 0.391. The Hall–Kier alpha value is -2.53. The monoisotopic (exact) mass is 412 g/mol. The predicted molar refractivity (Wildman–Crippen MR) is 122 cm³/mol. The van der Waals surface area contributed by atoms with Crippen LogP contribution in [0.25, 0.3) is 0 Å². The predicted octanol–water partition coefficient (Wildman–Crippen LogP) is 6.00. The van der Waals surface area contributed by atoms with E-state index in [0.717, 1.165) is 24.9 Å². The third kappa shape index (κ3) is 4.91. The summed E-state index contributed by atoms with van der Waals surface area (Å²) < 4.78 is 0. The van der Waals surface area contributed by atoms with Crippen molar-refractivity contribution >= 4 is 35.2 Å². The molecule has 2 amide bonds. The van der Waals surface area contributed by atoms with Gasteiger partial charge in [-0.2, -0.15) is 5.10 Å². The minimum Gasteiger partial charge on any atom is -0.366 e. The van der Waals surface area contributed by atoms with Gasteiger partial charge in [0, 0.05) is 29.0 Å². The number of amides is 2. The maximum absolute atomic E-state index is 12.0. The van der Waals surface area contributed by atoms with Crippen molar-refractivity contribution < 1.29 is 4.79 Å². The standard InChI is InChI=1S/C23H29ClN4O/c1-5-11-28-21-13-20(24)17(12-19(21)16(2)14-23(28,3)4)15-25-27-22(29)26-18-9-7-6-8-10-18/h6-10,12-13,15-16H,5,11,14H2,1-4H3,(H2,26,27,29)/b25-15+. The van der Waals surface area contributed by atoms with Gasteiger partial charge in [0.25, 0.3) is 0 Å². The van der Waals surface area contributed by atoms with Crippen molar-refractivity contribution in [3.63, 3.8) is 0 Å². The molecular formula is C23H29ClN4O. The molecule has 5 nitrogen and oxygen atoms in total. The second-order valence-corrected chi connectivity index (χ2v) is 8.60. The summed E-state index contributed by atoms with van der Waals surface area (Å²) in [7, 11) is 0. The van der Waals surface area contributed by atoms with Crippen LogP contribution < -0.4 is 15.6 Å². The molecule has 0 aliphatic carbocycles. The first kappa shape index (κ1) is 21.2. The van der Waals surface area contributed by atoms with Crippen molar-refractivity contribution in [2.45, 2.75) is 52.0 Å². The lowest BCUT2D eigenvalue weighted by Crippen LogP contribution is -2.48. The first-order valence-corrected chi connectivity index (χ1v) is 10.5. The van der Waals surface area contributed by atoms with Crippen molar-refractivity contribution in [1.82, 2.24) is 5.43 Å². The molecule has 0 aromatic heterocycles. The van der Waals surface area contributed by atoms with E-state index in [1.54, 1.807) is 6.21 Å². The van der Waals surface area contributed by atoms with Gasteiger partial charge in [0.1, 0.15) is 0 Å². The lowest BCUT2D eigenvalue weighted by atomic mass is 9.79. The van der Waals surface area contributed by atoms with Gasteiger partial charge in [-0.3, -0.25) is 0 Å². The van der Waals surface area contributed by atoms with E-state index in [2.05, 4.69) is 54.5 Å². The summed E-state index contributed by atoms with van der Waals surface area (Å²) in [5, 5.41) is 7.43. The number of fused-ring (bicyclic) bond motifs is 1. The highest BCUT2D eigenvalue weighted by atomic mass is 35.5. The van der Waals surface area contributed by atoms with Crippen molar-refractivity contribution in [1.29, 1.82) is 0 Å². The summed E-state index contributed by atoms with van der Waals surface area (Å²) in [6.45, 7) is 10.0. The Balaban J connectivity index is 1.77. The largest absolute Gasteiger partial charge is 0.366 e. The highest BCUT2D eigenvalue weighted by molar-refractivity contribution is 6.33. The number of nitrogens with one attached hydrogen (secondary N) is 2. The molecule has 29 heavy (non-hydrogen) atoms. The topological polar surface area (TPSA) is 56.7 Å². The van der Waals surface area contributed by atoms with E-state index < -0.39 is 6.03 Å². The molecule has 2 aromatic rings. The molecular weight excluding hydrogens is 384 g/mol. The molecule has 0 fully saturated rings. The van der Waals surface area contributed by atoms with Crippen LogP contribution in [-0.2, 0) is 0 Å². The highest BCUT2D eigenvalue weighted by Crippen LogP contribution is 2.45. The van der Waals surface area contributed by atoms with E-state index in [4.69, 9.17) is 11.6 Å². The van der Waals surface area contributed by atoms with Gasteiger partial charge in [-0.15, -0.1) is 0 Å². The number of hydrogen-bond acceptors (Lipinski definition) is 3. The summed E-state index contributed by atoms with van der Waals surface area (Å²) in [5.41, 5.74) is 6.57. The van der Waals surface area contributed by atoms with Crippen LogP contribution in [0.5, 0.6) is 0 Å². The summed E-state index contributed by atoms with van der Waals surface area (Å²) in [6.07, 6.45) is 3.76. The first-order valence-electron chi connectivity index (χ1n) is 10.1. The first-order chi connectivity index (χ1) is 13.8. The second kappa shape index (κ2) is 8.87. The van der Waals surface area contributed by atoms with Gasteiger partial charge in [-0.25, -0.2) is 10.2 Å². The van der Waals surface area contributed by atoms with Gasteiger partial charge >= 0.3 is 6.03 Å². The van der Waals surface area contributed by atoms with Crippen molar-refractivity contribution in [2.75, 3.05) is 16.8 Å². The van der Waals surface area contributed by atoms with Crippen LogP contribution in [0.15, 0.2) is 47.6 Å². The van der Waals surface area contributed by atoms with Crippen LogP contribution in [0.1, 0.15) is 57.6 Å². The number of carbonyl (C=O) groups excluding carboxylic acids is 1. The number of hydrazone groups is 1. The summed E-state index contributed by atoms with van der Waals surface area (Å²) in [5.74, 6) is 0.423. The van der Waals surface area contributed by atoms with E-state index in [1.165, 1.54) is 11.3 Å². The number of anilines is 2. The zero-order valence-electron chi connectivity index (χ0n) is 17.5. The van der Waals surface area contributed by atoms with Crippen LogP contribution in [-0.4, -0.2) is 24.3 Å². The molecule has 0 radical (unpaired) electrons. The number of rotatable bonds is 5. The molecule has 0 bridgehead atoms. The van der Waals surface area contributed by atoms with Gasteiger partial charge in [0.05, 0.1) is 11.2 Å². The molecule has 1 heterocycles. The highest BCUT2D eigenvalue weighted by Gasteiger charge is 2.36. The summed E-state index contributed by atoms with van der Waals surface area (Å²) in [4.78, 5) is 14.4. The van der Waals surface area contributed by atoms with E-state index in [-0.39, 0.29) is 5.54 Å². The van der Waals surface area contributed by atoms with Gasteiger partial charge in [-0.05, 0) is 62.4 Å². The zero-order valence-corrected chi connectivity index (χ0v) is 18.3. The number of benzene rings is 2. The van der Waals surface area contributed by atoms with Crippen molar-refractivity contribution in [2.24, 2.45) is 5.10 Å². The Bertz CT molecular complexity index is 895. The molecule has 0 saturated carbocycles. The minimum atomic E-state index is -0.397. The fourth-order valence-electron chi connectivity index (χ4n) is 4.11. The van der Waals surface area contributed by atoms with Crippen LogP contribution >= 0.6 is 11.6 Å². The van der Waals surface area contributed by atoms with E-state index in [1.807, 2.05) is 36.4 Å². The zero-order chi connectivity index (χ0) is 21.0. The minimum absolute atomic E-state index is 0.0957. The number of para-hydroxylation sites is 1. The quantitative estimate of drug-likeness (QED) is 0.467. The number of halogens is 1. The smallest absolute Gasteiger partial charge is 0.339 e. The molecule has 2 N–H and O–H groups in total. The molecule has 1 aliphatic heterocycles. The van der Waals surface area contributed by atoms with Crippen LogP contribution in [0.2, 0.25) is 5.02 Å². The van der Waals surface area contributed by atoms with Gasteiger partial charge in [0.15, 0.2) is 0 Å². The third-order valence-electron chi connectivity index (χ3n) is 5.35. The molecule has 3 rings (SSSR count). The van der Waals surface area contributed by atoms with Gasteiger partial charge in [-0.1, -0.05) is 43.6 Å². The number of urea groups is 1. The summed E-state index contributed by atoms with van der Waals surface area (Å²) in [6, 6.07) is 13.0. The summed E-state index contributed by atoms with van der Waals surface area (Å²) >= 11 is 6.57. The van der Waals surface area contributed by atoms with Crippen molar-refractivity contribution in [3.8, 4) is 0 Å². The molecule has 1 aliphatic rings. The fourth-order valence-corrected chi connectivity index (χ4v) is 4.31. The molecule has 0 saturated heterocycles. The molecule has 2 aromatic carbocycles. The average molecular weight is 413 g/mol. The normalized spacial score (nSPS) is 17.8. The molecule has 1 unspecified atom stereocenters. The molecule has 6 heteroatoms. The number of hydrogen-bond donors (Lipinski definition) is 2. The lowest BCUT2D eigenvalue weighted by Gasteiger charge is -2.47. The lowest BCUT2D eigenvalue weighted by molar-refractivity contribution is 0.252. The number of carbonyl (C=O) groups is 1. The Labute approximate surface area is 178 Å². The van der Waals surface area contributed by atoms with Crippen LogP contribution in [0, 0.1) is 0 Å². The maximum Gasteiger partial charge on any atom is 0.339 e. The van der Waals surface area contributed by atoms with Gasteiger partial charge in [0.2, 0.25) is 0 Å². The molecule has 154 valence electrons. The molecule has 1 atom stereocenters.